The van der Waals surface area contributed by atoms with Gasteiger partial charge in [-0.1, -0.05) is 60.7 Å². The van der Waals surface area contributed by atoms with Gasteiger partial charge in [-0.2, -0.15) is 0 Å². The van der Waals surface area contributed by atoms with E-state index in [1.165, 1.54) is 42.5 Å². The number of benzene rings is 5. The number of hydrogen-bond donors (Lipinski definition) is 4. The number of carboxylic acid groups (broad SMARTS) is 3. The van der Waals surface area contributed by atoms with E-state index in [-0.39, 0.29) is 39.6 Å². The van der Waals surface area contributed by atoms with Crippen molar-refractivity contribution in [1.29, 1.82) is 0 Å². The zero-order valence-corrected chi connectivity index (χ0v) is 24.7. The van der Waals surface area contributed by atoms with Crippen LogP contribution in [0.25, 0.3) is 0 Å². The largest absolute Gasteiger partial charge is 0.478 e. The summed E-state index contributed by atoms with van der Waals surface area (Å²) in [5.74, 6) is -3.90. The van der Waals surface area contributed by atoms with Gasteiger partial charge in [-0.15, -0.1) is 0 Å². The van der Waals surface area contributed by atoms with Crippen LogP contribution < -0.4 is 30.1 Å². The fourth-order valence-corrected chi connectivity index (χ4v) is 7.52. The lowest BCUT2D eigenvalue weighted by Gasteiger charge is -2.23. The number of ether oxygens (including phenoxy) is 3. The van der Waals surface area contributed by atoms with Gasteiger partial charge in [-0.3, -0.25) is 0 Å². The van der Waals surface area contributed by atoms with E-state index in [1.807, 2.05) is 0 Å². The number of carbonyl (C=O) groups is 3. The molecular formula is C34H25O11P. The monoisotopic (exact) mass is 640 g/mol. The van der Waals surface area contributed by atoms with Crippen LogP contribution in [0.4, 0.5) is 0 Å². The van der Waals surface area contributed by atoms with E-state index in [2.05, 4.69) is 0 Å². The van der Waals surface area contributed by atoms with E-state index in [0.29, 0.717) is 10.6 Å². The predicted molar refractivity (Wildman–Crippen MR) is 167 cm³/mol. The highest BCUT2D eigenvalue weighted by Gasteiger charge is 2.34. The Morgan fingerprint density at radius 3 is 1.59 bits per heavy atom. The highest BCUT2D eigenvalue weighted by atomic mass is 31.2. The molecule has 0 fully saturated rings. The van der Waals surface area contributed by atoms with Crippen molar-refractivity contribution in [1.82, 2.24) is 0 Å². The molecule has 0 spiro atoms. The van der Waals surface area contributed by atoms with Crippen LogP contribution in [0.3, 0.4) is 0 Å². The van der Waals surface area contributed by atoms with Gasteiger partial charge in [0.25, 0.3) is 0 Å². The quantitative estimate of drug-likeness (QED) is 0.102. The molecule has 0 atom stereocenters. The second kappa shape index (κ2) is 13.4. The third-order valence-electron chi connectivity index (χ3n) is 6.83. The van der Waals surface area contributed by atoms with E-state index < -0.39 is 43.0 Å². The van der Waals surface area contributed by atoms with Crippen LogP contribution in [-0.2, 0) is 4.57 Å². The molecule has 0 aliphatic heterocycles. The first-order chi connectivity index (χ1) is 22.1. The van der Waals surface area contributed by atoms with Crippen molar-refractivity contribution >= 4 is 41.0 Å². The summed E-state index contributed by atoms with van der Waals surface area (Å²) >= 11 is 0. The average molecular weight is 641 g/mol. The lowest BCUT2D eigenvalue weighted by atomic mass is 10.1. The van der Waals surface area contributed by atoms with Gasteiger partial charge in [-0.05, 0) is 48.5 Å². The maximum absolute atomic E-state index is 15.4. The summed E-state index contributed by atoms with van der Waals surface area (Å²) in [7, 11) is -3.73. The minimum absolute atomic E-state index is 0.0138. The molecule has 4 N–H and O–H groups in total. The molecule has 0 aliphatic carbocycles. The van der Waals surface area contributed by atoms with Crippen molar-refractivity contribution in [3.05, 3.63) is 132 Å². The molecule has 5 aromatic carbocycles. The molecule has 5 aromatic rings. The lowest BCUT2D eigenvalue weighted by Crippen LogP contribution is -2.26. The zero-order chi connectivity index (χ0) is 32.8. The minimum Gasteiger partial charge on any atom is -0.478 e. The van der Waals surface area contributed by atoms with Crippen LogP contribution in [0.15, 0.2) is 115 Å². The number of aromatic carboxylic acids is 3. The molecule has 5 rings (SSSR count). The maximum atomic E-state index is 15.4. The first-order valence-electron chi connectivity index (χ1n) is 13.5. The number of rotatable bonds is 12. The highest BCUT2D eigenvalue weighted by Crippen LogP contribution is 2.47. The van der Waals surface area contributed by atoms with E-state index in [4.69, 9.17) is 14.2 Å². The summed E-state index contributed by atoms with van der Waals surface area (Å²) < 4.78 is 32.6. The zero-order valence-electron chi connectivity index (χ0n) is 23.8. The van der Waals surface area contributed by atoms with Gasteiger partial charge in [0.15, 0.2) is 13.9 Å². The van der Waals surface area contributed by atoms with Crippen LogP contribution in [0.5, 0.6) is 28.7 Å². The number of hydrogen-bond acceptors (Lipinski definition) is 8. The second-order valence-corrected chi connectivity index (χ2v) is 12.4. The topological polar surface area (TPSA) is 177 Å². The standard InChI is InChI=1S/C34H25O11P/c35-20-43-30-18-22(12-15-27(30)33(38)39)44-23-13-16-29(45-21-11-14-26(32(36)37)28(17-21)34(40)41)31(19-23)46(42,24-7-3-1-4-8-24)25-9-5-2-6-10-25/h1-19,35H,20H2,(H,36,37)(H,38,39)(H,40,41). The van der Waals surface area contributed by atoms with Gasteiger partial charge in [0.2, 0.25) is 0 Å². The van der Waals surface area contributed by atoms with Crippen LogP contribution in [0.2, 0.25) is 0 Å². The SMILES string of the molecule is O=C(O)c1ccc(Oc2ccc(Oc3ccc(C(=O)O)c(C(=O)O)c3)c(P(=O)(c3ccccc3)c3ccccc3)c2)cc1OCO. The number of aliphatic hydroxyl groups is 1. The molecule has 0 aromatic heterocycles. The van der Waals surface area contributed by atoms with Gasteiger partial charge < -0.3 is 39.2 Å². The number of aliphatic hydroxyl groups excluding tert-OH is 1. The van der Waals surface area contributed by atoms with Crippen LogP contribution >= 0.6 is 7.14 Å². The third-order valence-corrected chi connectivity index (χ3v) is 9.91. The summed E-state index contributed by atoms with van der Waals surface area (Å²) in [4.78, 5) is 35.0. The Kier molecular flexibility index (Phi) is 9.18. The highest BCUT2D eigenvalue weighted by molar-refractivity contribution is 7.85. The summed E-state index contributed by atoms with van der Waals surface area (Å²) in [5, 5.41) is 38.8. The fourth-order valence-electron chi connectivity index (χ4n) is 4.74. The molecule has 0 saturated carbocycles. The van der Waals surface area contributed by atoms with Crippen molar-refractivity contribution in [2.24, 2.45) is 0 Å². The van der Waals surface area contributed by atoms with Gasteiger partial charge in [0.05, 0.1) is 16.4 Å². The summed E-state index contributed by atoms with van der Waals surface area (Å²) in [6, 6.07) is 29.2. The summed E-state index contributed by atoms with van der Waals surface area (Å²) in [5.41, 5.74) is -1.12. The molecule has 11 nitrogen and oxygen atoms in total. The molecule has 0 bridgehead atoms. The first kappa shape index (κ1) is 31.5. The third kappa shape index (κ3) is 6.46. The first-order valence-corrected chi connectivity index (χ1v) is 15.3. The Balaban J connectivity index is 1.68. The van der Waals surface area contributed by atoms with E-state index in [9.17, 15) is 34.8 Å². The van der Waals surface area contributed by atoms with Crippen LogP contribution in [0.1, 0.15) is 31.1 Å². The Labute approximate surface area is 261 Å². The van der Waals surface area contributed by atoms with Crippen LogP contribution in [0, 0.1) is 0 Å². The average Bonchev–Trinajstić information content (AvgIpc) is 3.06. The molecule has 0 aliphatic rings. The Bertz CT molecular complexity index is 1930. The lowest BCUT2D eigenvalue weighted by molar-refractivity contribution is 0.0651. The van der Waals surface area contributed by atoms with Crippen molar-refractivity contribution < 1.29 is 53.6 Å². The van der Waals surface area contributed by atoms with Gasteiger partial charge in [0.1, 0.15) is 34.3 Å². The van der Waals surface area contributed by atoms with Gasteiger partial charge in [-0.25, -0.2) is 14.4 Å². The molecule has 12 heteroatoms. The molecule has 232 valence electrons. The molecule has 46 heavy (non-hydrogen) atoms. The molecule has 0 unspecified atom stereocenters. The fraction of sp³-hybridized carbons (Fsp3) is 0.0294. The minimum atomic E-state index is -3.73. The van der Waals surface area contributed by atoms with Crippen LogP contribution in [-0.4, -0.2) is 45.1 Å². The van der Waals surface area contributed by atoms with E-state index in [1.54, 1.807) is 60.7 Å². The Morgan fingerprint density at radius 1 is 0.543 bits per heavy atom. The Hall–Kier alpha value is -5.90. The molecular weight excluding hydrogens is 615 g/mol. The number of carboxylic acids is 3. The van der Waals surface area contributed by atoms with Crippen molar-refractivity contribution in [2.75, 3.05) is 6.79 Å². The molecule has 0 saturated heterocycles. The molecule has 0 amide bonds. The second-order valence-electron chi connectivity index (χ2n) is 9.67. The smallest absolute Gasteiger partial charge is 0.339 e. The normalized spacial score (nSPS) is 11.0. The maximum Gasteiger partial charge on any atom is 0.339 e. The predicted octanol–water partition coefficient (Wildman–Crippen LogP) is 5.33. The van der Waals surface area contributed by atoms with Crippen molar-refractivity contribution in [2.45, 2.75) is 0 Å². The van der Waals surface area contributed by atoms with Crippen molar-refractivity contribution in [3.8, 4) is 28.7 Å². The molecule has 0 heterocycles. The summed E-state index contributed by atoms with van der Waals surface area (Å²) in [6.07, 6.45) is 0. The van der Waals surface area contributed by atoms with Crippen molar-refractivity contribution in [3.63, 3.8) is 0 Å². The van der Waals surface area contributed by atoms with Gasteiger partial charge >= 0.3 is 17.9 Å². The van der Waals surface area contributed by atoms with E-state index >= 15 is 4.57 Å². The van der Waals surface area contributed by atoms with Gasteiger partial charge in [0, 0.05) is 16.7 Å². The molecule has 0 radical (unpaired) electrons. The van der Waals surface area contributed by atoms with E-state index in [0.717, 1.165) is 12.1 Å². The Morgan fingerprint density at radius 2 is 1.04 bits per heavy atom. The summed E-state index contributed by atoms with van der Waals surface area (Å²) in [6.45, 7) is -0.770.